The van der Waals surface area contributed by atoms with E-state index in [0.29, 0.717) is 24.8 Å². The lowest BCUT2D eigenvalue weighted by molar-refractivity contribution is -0.274. The Labute approximate surface area is 252 Å². The van der Waals surface area contributed by atoms with Crippen LogP contribution in [-0.2, 0) is 20.0 Å². The molecule has 2 heterocycles. The van der Waals surface area contributed by atoms with Crippen LogP contribution in [0, 0.1) is 29.1 Å². The third-order valence-electron chi connectivity index (χ3n) is 12.0. The molecule has 3 aliphatic carbocycles. The predicted octanol–water partition coefficient (Wildman–Crippen LogP) is 3.72. The van der Waals surface area contributed by atoms with E-state index in [2.05, 4.69) is 13.5 Å². The van der Waals surface area contributed by atoms with Crippen molar-refractivity contribution < 1.29 is 39.4 Å². The molecule has 1 unspecified atom stereocenters. The van der Waals surface area contributed by atoms with Gasteiger partial charge in [0.15, 0.2) is 5.79 Å². The Hall–Kier alpha value is -2.59. The van der Waals surface area contributed by atoms with E-state index < -0.39 is 70.7 Å². The van der Waals surface area contributed by atoms with Gasteiger partial charge in [-0.05, 0) is 67.1 Å². The van der Waals surface area contributed by atoms with Gasteiger partial charge < -0.3 is 34.6 Å². The number of carbonyl (C=O) groups excluding carboxylic acids is 1. The Morgan fingerprint density at radius 2 is 1.70 bits per heavy atom. The van der Waals surface area contributed by atoms with Crippen LogP contribution in [0.25, 0.3) is 0 Å². The molecule has 3 bridgehead atoms. The first-order valence-corrected chi connectivity index (χ1v) is 15.5. The van der Waals surface area contributed by atoms with E-state index in [1.807, 2.05) is 44.2 Å². The van der Waals surface area contributed by atoms with Gasteiger partial charge >= 0.3 is 5.97 Å². The summed E-state index contributed by atoms with van der Waals surface area (Å²) in [4.78, 5) is 13.4. The minimum absolute atomic E-state index is 0.0184. The molecule has 230 valence electrons. The summed E-state index contributed by atoms with van der Waals surface area (Å²) >= 11 is 0. The summed E-state index contributed by atoms with van der Waals surface area (Å²) in [5, 5.41) is 47.7. The SMILES string of the molecule is C=C(C)[C@]12C[C@@H](C)[C@@]34CC(c5ccccc5)(O[C@@H]1[C@@H]3C[C@@](O)(CO)[C@@H](O)[C@@]1(O)[C@H]4C[C@H](C)[C@@H]1OC(=O)c1ccccc1)O2. The van der Waals surface area contributed by atoms with Crippen molar-refractivity contribution in [2.24, 2.45) is 29.1 Å². The Bertz CT molecular complexity index is 1430. The number of benzene rings is 2. The molecule has 8 heteroatoms. The lowest BCUT2D eigenvalue weighted by atomic mass is 9.46. The van der Waals surface area contributed by atoms with Crippen molar-refractivity contribution in [1.29, 1.82) is 0 Å². The number of carbonyl (C=O) groups is 1. The number of aliphatic hydroxyl groups excluding tert-OH is 2. The third kappa shape index (κ3) is 3.62. The highest BCUT2D eigenvalue weighted by atomic mass is 16.8. The standard InChI is InChI=1S/C35H42O8/c1-20(2)33-16-22(4)32-18-34(43-33,24-13-9-6-10-14-24)42-28(33)25(32)17-31(39,19-36)30(38)35(40)26(32)15-21(3)27(35)41-29(37)23-11-7-5-8-12-23/h5-14,21-22,25-28,30,36,38-40H,1,15-19H2,2-4H3/t21-,22+,25-,26-,27-,28+,30+,31+,32-,33+,34?,35+/m0/s1. The molecule has 12 atom stereocenters. The van der Waals surface area contributed by atoms with Crippen LogP contribution in [0.15, 0.2) is 72.8 Å². The largest absolute Gasteiger partial charge is 0.455 e. The molecule has 2 aliphatic heterocycles. The maximum absolute atomic E-state index is 13.4. The second kappa shape index (κ2) is 9.46. The fourth-order valence-electron chi connectivity index (χ4n) is 10.1. The molecular weight excluding hydrogens is 548 g/mol. The van der Waals surface area contributed by atoms with Crippen LogP contribution in [0.1, 0.15) is 62.4 Å². The number of ether oxygens (including phenoxy) is 3. The van der Waals surface area contributed by atoms with Gasteiger partial charge in [-0.2, -0.15) is 0 Å². The third-order valence-corrected chi connectivity index (χ3v) is 12.0. The molecular formula is C35H42O8. The highest BCUT2D eigenvalue weighted by molar-refractivity contribution is 5.89. The van der Waals surface area contributed by atoms with Gasteiger partial charge in [-0.3, -0.25) is 0 Å². The summed E-state index contributed by atoms with van der Waals surface area (Å²) in [6.07, 6.45) is -2.07. The summed E-state index contributed by atoms with van der Waals surface area (Å²) < 4.78 is 20.1. The quantitative estimate of drug-likeness (QED) is 0.307. The fraction of sp³-hybridized carbons (Fsp3) is 0.571. The first-order valence-electron chi connectivity index (χ1n) is 15.5. The minimum atomic E-state index is -2.09. The van der Waals surface area contributed by atoms with Crippen molar-refractivity contribution in [1.82, 2.24) is 0 Å². The first-order chi connectivity index (χ1) is 20.4. The number of hydrogen-bond acceptors (Lipinski definition) is 8. The molecule has 2 saturated heterocycles. The second-order valence-electron chi connectivity index (χ2n) is 14.1. The maximum Gasteiger partial charge on any atom is 0.338 e. The summed E-state index contributed by atoms with van der Waals surface area (Å²) in [6, 6.07) is 18.4. The molecule has 0 radical (unpaired) electrons. The smallest absolute Gasteiger partial charge is 0.338 e. The Morgan fingerprint density at radius 1 is 1.05 bits per heavy atom. The molecule has 2 aromatic rings. The van der Waals surface area contributed by atoms with Gasteiger partial charge in [-0.15, -0.1) is 0 Å². The van der Waals surface area contributed by atoms with E-state index in [-0.39, 0.29) is 18.3 Å². The zero-order chi connectivity index (χ0) is 30.6. The van der Waals surface area contributed by atoms with Crippen LogP contribution >= 0.6 is 0 Å². The van der Waals surface area contributed by atoms with Crippen LogP contribution < -0.4 is 0 Å². The molecule has 2 aromatic carbocycles. The van der Waals surface area contributed by atoms with Crippen LogP contribution in [-0.4, -0.2) is 68.1 Å². The molecule has 5 aliphatic rings. The normalized spacial score (nSPS) is 47.8. The van der Waals surface area contributed by atoms with Crippen molar-refractivity contribution in [3.8, 4) is 0 Å². The molecule has 0 spiro atoms. The highest BCUT2D eigenvalue weighted by Gasteiger charge is 2.82. The van der Waals surface area contributed by atoms with Crippen LogP contribution in [0.4, 0.5) is 0 Å². The summed E-state index contributed by atoms with van der Waals surface area (Å²) in [6.45, 7) is 9.57. The second-order valence-corrected chi connectivity index (χ2v) is 14.1. The van der Waals surface area contributed by atoms with Crippen molar-refractivity contribution in [3.05, 3.63) is 83.9 Å². The van der Waals surface area contributed by atoms with Gasteiger partial charge in [0.05, 0.1) is 18.3 Å². The van der Waals surface area contributed by atoms with E-state index in [1.165, 1.54) is 0 Å². The van der Waals surface area contributed by atoms with E-state index in [1.54, 1.807) is 30.3 Å². The fourth-order valence-corrected chi connectivity index (χ4v) is 10.1. The first kappa shape index (κ1) is 29.1. The van der Waals surface area contributed by atoms with Gasteiger partial charge in [0, 0.05) is 17.9 Å². The Morgan fingerprint density at radius 3 is 2.33 bits per heavy atom. The van der Waals surface area contributed by atoms with Crippen LogP contribution in [0.3, 0.4) is 0 Å². The summed E-state index contributed by atoms with van der Waals surface area (Å²) in [5.74, 6) is -3.14. The lowest BCUT2D eigenvalue weighted by Gasteiger charge is -2.61. The number of esters is 1. The zero-order valence-corrected chi connectivity index (χ0v) is 25.0. The molecule has 4 N–H and O–H groups in total. The topological polar surface area (TPSA) is 126 Å². The highest BCUT2D eigenvalue weighted by Crippen LogP contribution is 2.76. The Balaban J connectivity index is 1.42. The van der Waals surface area contributed by atoms with Crippen LogP contribution in [0.2, 0.25) is 0 Å². The molecule has 8 nitrogen and oxygen atoms in total. The van der Waals surface area contributed by atoms with Gasteiger partial charge in [-0.1, -0.05) is 69.0 Å². The number of fused-ring (bicyclic) bond motifs is 2. The van der Waals surface area contributed by atoms with Crippen molar-refractivity contribution in [2.45, 2.75) is 87.4 Å². The summed E-state index contributed by atoms with van der Waals surface area (Å²) in [5.41, 5.74) is -3.69. The van der Waals surface area contributed by atoms with Gasteiger partial charge in [0.25, 0.3) is 0 Å². The van der Waals surface area contributed by atoms with Gasteiger partial charge in [0.1, 0.15) is 29.0 Å². The number of aliphatic hydroxyl groups is 4. The lowest BCUT2D eigenvalue weighted by Crippen LogP contribution is -2.67. The minimum Gasteiger partial charge on any atom is -0.455 e. The van der Waals surface area contributed by atoms with Crippen molar-refractivity contribution in [3.63, 3.8) is 0 Å². The number of rotatable bonds is 5. The van der Waals surface area contributed by atoms with E-state index in [4.69, 9.17) is 14.2 Å². The molecule has 5 fully saturated rings. The molecule has 7 rings (SSSR count). The van der Waals surface area contributed by atoms with Gasteiger partial charge in [-0.25, -0.2) is 4.79 Å². The van der Waals surface area contributed by atoms with Gasteiger partial charge in [0.2, 0.25) is 0 Å². The van der Waals surface area contributed by atoms with E-state index >= 15 is 0 Å². The molecule has 43 heavy (non-hydrogen) atoms. The summed E-state index contributed by atoms with van der Waals surface area (Å²) in [7, 11) is 0. The molecule has 3 saturated carbocycles. The monoisotopic (exact) mass is 590 g/mol. The van der Waals surface area contributed by atoms with E-state index in [0.717, 1.165) is 11.1 Å². The maximum atomic E-state index is 13.4. The van der Waals surface area contributed by atoms with E-state index in [9.17, 15) is 25.2 Å². The number of hydrogen-bond donors (Lipinski definition) is 4. The predicted molar refractivity (Wildman–Crippen MR) is 156 cm³/mol. The Kier molecular flexibility index (Phi) is 6.41. The molecule has 0 aromatic heterocycles. The zero-order valence-electron chi connectivity index (χ0n) is 25.0. The van der Waals surface area contributed by atoms with Crippen molar-refractivity contribution in [2.75, 3.05) is 6.61 Å². The van der Waals surface area contributed by atoms with Crippen molar-refractivity contribution >= 4 is 5.97 Å². The molecule has 0 amide bonds. The average Bonchev–Trinajstić information content (AvgIpc) is 3.38. The average molecular weight is 591 g/mol. The van der Waals surface area contributed by atoms with Crippen LogP contribution in [0.5, 0.6) is 0 Å².